The minimum absolute atomic E-state index is 0.903. The Labute approximate surface area is 272 Å². The molecule has 0 saturated heterocycles. The van der Waals surface area contributed by atoms with Crippen molar-refractivity contribution >= 4 is 43.1 Å². The molecule has 0 amide bonds. The van der Waals surface area contributed by atoms with E-state index in [4.69, 9.17) is 4.74 Å². The normalized spacial score (nSPS) is 12.0. The summed E-state index contributed by atoms with van der Waals surface area (Å²) < 4.78 is 6.37. The van der Waals surface area contributed by atoms with Gasteiger partial charge in [-0.25, -0.2) is 0 Å². The SMILES string of the molecule is c1ccc(-c2ccc(-c3c4ccccc4c(-c4cc5c6c(cccc6c4)Oc4ccccc4-5)c4ccccc34)c3ccccc23)cc1. The van der Waals surface area contributed by atoms with Gasteiger partial charge >= 0.3 is 0 Å². The van der Waals surface area contributed by atoms with E-state index in [1.807, 2.05) is 6.07 Å². The fourth-order valence-corrected chi connectivity index (χ4v) is 7.85. The van der Waals surface area contributed by atoms with Gasteiger partial charge in [0.25, 0.3) is 0 Å². The lowest BCUT2D eigenvalue weighted by atomic mass is 9.82. The zero-order chi connectivity index (χ0) is 30.9. The Bertz CT molecular complexity index is 2640. The molecule has 9 aromatic rings. The summed E-state index contributed by atoms with van der Waals surface area (Å²) in [5.41, 5.74) is 9.84. The fraction of sp³-hybridized carbons (Fsp3) is 0. The van der Waals surface area contributed by atoms with E-state index in [-0.39, 0.29) is 0 Å². The molecule has 0 aromatic heterocycles. The number of benzene rings is 9. The second kappa shape index (κ2) is 10.2. The second-order valence-electron chi connectivity index (χ2n) is 12.4. The van der Waals surface area contributed by atoms with Gasteiger partial charge in [-0.05, 0) is 101 Å². The summed E-state index contributed by atoms with van der Waals surface area (Å²) >= 11 is 0. The molecule has 1 aliphatic heterocycles. The zero-order valence-electron chi connectivity index (χ0n) is 25.6. The monoisotopic (exact) mass is 596 g/mol. The third-order valence-corrected chi connectivity index (χ3v) is 9.83. The van der Waals surface area contributed by atoms with Crippen LogP contribution in [0.1, 0.15) is 0 Å². The maximum absolute atomic E-state index is 6.37. The van der Waals surface area contributed by atoms with Gasteiger partial charge in [0.2, 0.25) is 0 Å². The van der Waals surface area contributed by atoms with E-state index in [1.54, 1.807) is 0 Å². The Balaban J connectivity index is 1.30. The van der Waals surface area contributed by atoms with Crippen molar-refractivity contribution < 1.29 is 4.74 Å². The van der Waals surface area contributed by atoms with Crippen LogP contribution in [0.15, 0.2) is 170 Å². The molecular weight excluding hydrogens is 569 g/mol. The van der Waals surface area contributed by atoms with Gasteiger partial charge in [-0.3, -0.25) is 0 Å². The van der Waals surface area contributed by atoms with E-state index < -0.39 is 0 Å². The summed E-state index contributed by atoms with van der Waals surface area (Å²) in [7, 11) is 0. The molecule has 0 unspecified atom stereocenters. The predicted molar refractivity (Wildman–Crippen MR) is 198 cm³/mol. The predicted octanol–water partition coefficient (Wildman–Crippen LogP) is 13.1. The molecule has 10 rings (SSSR count). The largest absolute Gasteiger partial charge is 0.456 e. The lowest BCUT2D eigenvalue weighted by Gasteiger charge is -2.23. The zero-order valence-corrected chi connectivity index (χ0v) is 25.6. The number of ether oxygens (including phenoxy) is 1. The molecule has 0 fully saturated rings. The molecule has 47 heavy (non-hydrogen) atoms. The molecule has 1 aliphatic rings. The number of para-hydroxylation sites is 1. The lowest BCUT2D eigenvalue weighted by Crippen LogP contribution is -1.98. The molecule has 1 heteroatoms. The topological polar surface area (TPSA) is 9.23 Å². The van der Waals surface area contributed by atoms with Crippen molar-refractivity contribution in [1.29, 1.82) is 0 Å². The average Bonchev–Trinajstić information content (AvgIpc) is 3.14. The van der Waals surface area contributed by atoms with E-state index in [2.05, 4.69) is 164 Å². The van der Waals surface area contributed by atoms with Gasteiger partial charge in [-0.1, -0.05) is 146 Å². The van der Waals surface area contributed by atoms with Crippen LogP contribution in [0.4, 0.5) is 0 Å². The van der Waals surface area contributed by atoms with Crippen molar-refractivity contribution in [3.8, 4) is 56.0 Å². The molecule has 218 valence electrons. The van der Waals surface area contributed by atoms with Crippen LogP contribution >= 0.6 is 0 Å². The first kappa shape index (κ1) is 26.1. The molecule has 9 aromatic carbocycles. The second-order valence-corrected chi connectivity index (χ2v) is 12.4. The van der Waals surface area contributed by atoms with Crippen LogP contribution in [0.2, 0.25) is 0 Å². The lowest BCUT2D eigenvalue weighted by molar-refractivity contribution is 0.487. The van der Waals surface area contributed by atoms with Gasteiger partial charge in [-0.15, -0.1) is 0 Å². The van der Waals surface area contributed by atoms with Crippen LogP contribution in [-0.4, -0.2) is 0 Å². The van der Waals surface area contributed by atoms with E-state index in [0.29, 0.717) is 0 Å². The Morgan fingerprint density at radius 3 is 1.57 bits per heavy atom. The van der Waals surface area contributed by atoms with Crippen LogP contribution in [-0.2, 0) is 0 Å². The molecule has 1 heterocycles. The summed E-state index contributed by atoms with van der Waals surface area (Å²) in [4.78, 5) is 0. The number of hydrogen-bond acceptors (Lipinski definition) is 1. The Kier molecular flexibility index (Phi) is 5.64. The highest BCUT2D eigenvalue weighted by Crippen LogP contribution is 2.51. The van der Waals surface area contributed by atoms with Crippen LogP contribution in [0, 0.1) is 0 Å². The standard InChI is InChI=1S/C46H28O/c1-2-13-29(14-3-1)32-25-26-40(34-17-5-4-16-33(32)34)46-38-21-8-6-19-36(38)44(37-20-7-9-22-39(37)46)31-27-30-15-12-24-43-45(30)41(28-31)35-18-10-11-23-42(35)47-43/h1-28H. The highest BCUT2D eigenvalue weighted by atomic mass is 16.5. The third-order valence-electron chi connectivity index (χ3n) is 9.83. The van der Waals surface area contributed by atoms with Crippen LogP contribution < -0.4 is 4.74 Å². The summed E-state index contributed by atoms with van der Waals surface area (Å²) in [6, 6.07) is 61.6. The minimum Gasteiger partial charge on any atom is -0.456 e. The number of fused-ring (bicyclic) bond motifs is 5. The van der Waals surface area contributed by atoms with Crippen LogP contribution in [0.5, 0.6) is 11.5 Å². The summed E-state index contributed by atoms with van der Waals surface area (Å²) in [6.45, 7) is 0. The molecule has 0 radical (unpaired) electrons. The Hall–Kier alpha value is -6.18. The molecule has 0 saturated carbocycles. The van der Waals surface area contributed by atoms with Gasteiger partial charge in [0, 0.05) is 10.9 Å². The highest BCUT2D eigenvalue weighted by molar-refractivity contribution is 6.25. The van der Waals surface area contributed by atoms with Crippen molar-refractivity contribution in [3.63, 3.8) is 0 Å². The van der Waals surface area contributed by atoms with Gasteiger partial charge < -0.3 is 4.74 Å². The summed E-state index contributed by atoms with van der Waals surface area (Å²) in [6.07, 6.45) is 0. The third kappa shape index (κ3) is 3.90. The quantitative estimate of drug-likeness (QED) is 0.184. The van der Waals surface area contributed by atoms with Crippen molar-refractivity contribution in [2.45, 2.75) is 0 Å². The van der Waals surface area contributed by atoms with Crippen LogP contribution in [0.3, 0.4) is 0 Å². The van der Waals surface area contributed by atoms with Crippen molar-refractivity contribution in [3.05, 3.63) is 170 Å². The first-order valence-corrected chi connectivity index (χ1v) is 16.2. The van der Waals surface area contributed by atoms with Gasteiger partial charge in [0.1, 0.15) is 11.5 Å². The van der Waals surface area contributed by atoms with E-state index in [9.17, 15) is 0 Å². The van der Waals surface area contributed by atoms with Crippen molar-refractivity contribution in [1.82, 2.24) is 0 Å². The summed E-state index contributed by atoms with van der Waals surface area (Å²) in [5, 5.41) is 9.89. The molecular formula is C46H28O. The summed E-state index contributed by atoms with van der Waals surface area (Å²) in [5.74, 6) is 1.82. The minimum atomic E-state index is 0.903. The van der Waals surface area contributed by atoms with E-state index in [0.717, 1.165) is 17.1 Å². The van der Waals surface area contributed by atoms with E-state index >= 15 is 0 Å². The molecule has 0 spiro atoms. The van der Waals surface area contributed by atoms with Crippen molar-refractivity contribution in [2.24, 2.45) is 0 Å². The van der Waals surface area contributed by atoms with Gasteiger partial charge in [0.15, 0.2) is 0 Å². The first-order chi connectivity index (χ1) is 23.3. The van der Waals surface area contributed by atoms with Gasteiger partial charge in [-0.2, -0.15) is 0 Å². The highest BCUT2D eigenvalue weighted by Gasteiger charge is 2.23. The molecule has 0 aliphatic carbocycles. The molecule has 0 atom stereocenters. The van der Waals surface area contributed by atoms with E-state index in [1.165, 1.54) is 82.0 Å². The number of rotatable bonds is 3. The van der Waals surface area contributed by atoms with Gasteiger partial charge in [0.05, 0.1) is 0 Å². The maximum Gasteiger partial charge on any atom is 0.135 e. The van der Waals surface area contributed by atoms with Crippen molar-refractivity contribution in [2.75, 3.05) is 0 Å². The average molecular weight is 597 g/mol. The Morgan fingerprint density at radius 1 is 0.298 bits per heavy atom. The molecule has 0 N–H and O–H groups in total. The fourth-order valence-electron chi connectivity index (χ4n) is 7.85. The molecule has 1 nitrogen and oxygen atoms in total. The first-order valence-electron chi connectivity index (χ1n) is 16.2. The molecule has 0 bridgehead atoms. The Morgan fingerprint density at radius 2 is 0.851 bits per heavy atom. The smallest absolute Gasteiger partial charge is 0.135 e. The maximum atomic E-state index is 6.37. The van der Waals surface area contributed by atoms with Crippen LogP contribution in [0.25, 0.3) is 87.6 Å². The number of hydrogen-bond donors (Lipinski definition) is 0.